The summed E-state index contributed by atoms with van der Waals surface area (Å²) in [5.74, 6) is -4.62. The van der Waals surface area contributed by atoms with Crippen molar-refractivity contribution in [2.75, 3.05) is 16.8 Å². The van der Waals surface area contributed by atoms with Crippen LogP contribution >= 0.6 is 0 Å². The van der Waals surface area contributed by atoms with Crippen LogP contribution in [0.4, 0.5) is 62.5 Å². The quantitative estimate of drug-likeness (QED) is 0.0942. The van der Waals surface area contributed by atoms with Crippen LogP contribution in [-0.4, -0.2) is 28.3 Å². The number of aryl methyl sites for hydroxylation is 1. The maximum Gasteiger partial charge on any atom is 0.419 e. The van der Waals surface area contributed by atoms with Crippen molar-refractivity contribution in [1.29, 1.82) is 0 Å². The van der Waals surface area contributed by atoms with Crippen LogP contribution in [0.1, 0.15) is 92.3 Å². The van der Waals surface area contributed by atoms with Gasteiger partial charge in [-0.2, -0.15) is 26.3 Å². The third kappa shape index (κ3) is 11.4. The number of nitrogens with zero attached hydrogens (tertiary/aromatic N) is 3. The average molecular weight is 893 g/mol. The van der Waals surface area contributed by atoms with Crippen molar-refractivity contribution in [2.24, 2.45) is 0 Å². The van der Waals surface area contributed by atoms with E-state index in [1.165, 1.54) is 78.0 Å². The summed E-state index contributed by atoms with van der Waals surface area (Å²) in [7, 11) is 0. The number of aromatic nitrogens is 2. The van der Waals surface area contributed by atoms with Gasteiger partial charge in [-0.25, -0.2) is 23.1 Å². The van der Waals surface area contributed by atoms with Crippen LogP contribution < -0.4 is 20.9 Å². The lowest BCUT2D eigenvalue weighted by molar-refractivity contribution is -0.140. The van der Waals surface area contributed by atoms with E-state index >= 15 is 4.39 Å². The van der Waals surface area contributed by atoms with Crippen molar-refractivity contribution in [3.05, 3.63) is 177 Å². The second kappa shape index (κ2) is 19.2. The Kier molecular flexibility index (Phi) is 14.0. The molecule has 0 saturated carbocycles. The molecule has 17 heteroatoms. The zero-order valence-corrected chi connectivity index (χ0v) is 34.7. The van der Waals surface area contributed by atoms with E-state index < -0.39 is 58.7 Å². The largest absolute Gasteiger partial charge is 0.419 e. The lowest BCUT2D eigenvalue weighted by Gasteiger charge is -2.29. The smallest absolute Gasteiger partial charge is 0.348 e. The van der Waals surface area contributed by atoms with E-state index in [9.17, 15) is 44.7 Å². The molecular formula is C47H41F9N6O2. The topological polar surface area (TPSA) is 99.3 Å². The van der Waals surface area contributed by atoms with Crippen LogP contribution in [-0.2, 0) is 25.4 Å². The second-order valence-corrected chi connectivity index (χ2v) is 15.4. The van der Waals surface area contributed by atoms with Gasteiger partial charge < -0.3 is 20.9 Å². The fourth-order valence-electron chi connectivity index (χ4n) is 6.85. The standard InChI is InChI=1S/C47H41F9N6O2/c1-26(2)35-20-43(58-24-37(35)44(63)59-21-29-6-11-32(48)12-7-29)62(34-15-16-39(40(50)18-34)47(54,55)56)25-28(4)36-19-42(61-41-17-31(46(51,52)53)10-5-27(41)3)57-23-38(36)45(64)60-22-30-8-13-33(49)14-9-30/h5-20,23-24,26,28H,21-22,25H2,1-4H3,(H,57,61)(H,59,63)(H,60,64). The van der Waals surface area contributed by atoms with Gasteiger partial charge in [0.15, 0.2) is 0 Å². The fraction of sp³-hybridized carbons (Fsp3) is 0.234. The number of alkyl halides is 6. The molecule has 6 rings (SSSR count). The summed E-state index contributed by atoms with van der Waals surface area (Å²) in [6.45, 7) is 6.70. The van der Waals surface area contributed by atoms with Crippen LogP contribution in [0.25, 0.3) is 0 Å². The molecule has 0 spiro atoms. The molecule has 0 radical (unpaired) electrons. The van der Waals surface area contributed by atoms with Crippen molar-refractivity contribution >= 4 is 34.8 Å². The molecule has 3 N–H and O–H groups in total. The number of amides is 2. The molecule has 2 amide bonds. The number of pyridine rings is 2. The summed E-state index contributed by atoms with van der Waals surface area (Å²) in [4.78, 5) is 37.6. The molecule has 0 bridgehead atoms. The monoisotopic (exact) mass is 892 g/mol. The number of hydrogen-bond acceptors (Lipinski definition) is 6. The van der Waals surface area contributed by atoms with E-state index in [4.69, 9.17) is 0 Å². The van der Waals surface area contributed by atoms with Gasteiger partial charge in [0.25, 0.3) is 11.8 Å². The normalized spacial score (nSPS) is 12.2. The first-order valence-electron chi connectivity index (χ1n) is 19.8. The van der Waals surface area contributed by atoms with Gasteiger partial charge in [0.1, 0.15) is 29.1 Å². The molecule has 2 aromatic heterocycles. The van der Waals surface area contributed by atoms with Crippen LogP contribution in [0.3, 0.4) is 0 Å². The second-order valence-electron chi connectivity index (χ2n) is 15.4. The molecule has 8 nitrogen and oxygen atoms in total. The van der Waals surface area contributed by atoms with Crippen LogP contribution in [0.15, 0.2) is 109 Å². The van der Waals surface area contributed by atoms with Crippen LogP contribution in [0.2, 0.25) is 0 Å². The zero-order chi connectivity index (χ0) is 46.5. The molecular weight excluding hydrogens is 852 g/mol. The molecule has 334 valence electrons. The predicted molar refractivity (Wildman–Crippen MR) is 224 cm³/mol. The Labute approximate surface area is 362 Å². The number of carbonyl (C=O) groups excluding carboxylic acids is 2. The van der Waals surface area contributed by atoms with Gasteiger partial charge in [-0.1, -0.05) is 51.1 Å². The van der Waals surface area contributed by atoms with Crippen molar-refractivity contribution in [2.45, 2.75) is 65.0 Å². The number of anilines is 4. The Morgan fingerprint density at radius 1 is 0.656 bits per heavy atom. The first-order chi connectivity index (χ1) is 30.2. The van der Waals surface area contributed by atoms with E-state index in [0.717, 1.165) is 18.2 Å². The highest BCUT2D eigenvalue weighted by Crippen LogP contribution is 2.38. The third-order valence-electron chi connectivity index (χ3n) is 10.4. The minimum atomic E-state index is -5.01. The first-order valence-corrected chi connectivity index (χ1v) is 19.8. The van der Waals surface area contributed by atoms with Gasteiger partial charge in [0, 0.05) is 49.3 Å². The number of rotatable bonds is 14. The van der Waals surface area contributed by atoms with Gasteiger partial charge in [-0.3, -0.25) is 9.59 Å². The molecule has 0 aliphatic carbocycles. The maximum atomic E-state index is 15.3. The first kappa shape index (κ1) is 46.6. The van der Waals surface area contributed by atoms with Crippen molar-refractivity contribution in [3.8, 4) is 0 Å². The summed E-state index contributed by atoms with van der Waals surface area (Å²) >= 11 is 0. The molecule has 0 aliphatic rings. The molecule has 6 aromatic rings. The molecule has 0 saturated heterocycles. The highest BCUT2D eigenvalue weighted by molar-refractivity contribution is 5.96. The number of carbonyl (C=O) groups is 2. The van der Waals surface area contributed by atoms with Gasteiger partial charge in [-0.05, 0) is 107 Å². The summed E-state index contributed by atoms with van der Waals surface area (Å²) in [6.07, 6.45) is -7.17. The zero-order valence-electron chi connectivity index (χ0n) is 34.7. The Bertz CT molecular complexity index is 2630. The number of benzene rings is 4. The third-order valence-corrected chi connectivity index (χ3v) is 10.4. The molecule has 0 fully saturated rings. The maximum absolute atomic E-state index is 15.3. The lowest BCUT2D eigenvalue weighted by Crippen LogP contribution is -2.29. The Hall–Kier alpha value is -6.91. The Morgan fingerprint density at radius 2 is 1.22 bits per heavy atom. The van der Waals surface area contributed by atoms with E-state index in [-0.39, 0.29) is 65.3 Å². The van der Waals surface area contributed by atoms with Crippen LogP contribution in [0.5, 0.6) is 0 Å². The number of halogens is 9. The van der Waals surface area contributed by atoms with Crippen molar-refractivity contribution in [3.63, 3.8) is 0 Å². The van der Waals surface area contributed by atoms with Gasteiger partial charge in [0.2, 0.25) is 0 Å². The average Bonchev–Trinajstić information content (AvgIpc) is 3.24. The number of nitrogens with one attached hydrogen (secondary N) is 3. The molecule has 2 heterocycles. The van der Waals surface area contributed by atoms with E-state index in [1.54, 1.807) is 33.8 Å². The van der Waals surface area contributed by atoms with Crippen molar-refractivity contribution < 1.29 is 49.1 Å². The Morgan fingerprint density at radius 3 is 1.75 bits per heavy atom. The summed E-state index contributed by atoms with van der Waals surface area (Å²) in [5, 5.41) is 8.43. The van der Waals surface area contributed by atoms with Crippen molar-refractivity contribution in [1.82, 2.24) is 20.6 Å². The SMILES string of the molecule is Cc1ccc(C(F)(F)F)cc1Nc1cc(C(C)CN(c2ccc(C(F)(F)F)c(F)c2)c2cc(C(C)C)c(C(=O)NCc3ccc(F)cc3)cn2)c(C(=O)NCc2ccc(F)cc2)cn1. The van der Waals surface area contributed by atoms with Gasteiger partial charge in [-0.15, -0.1) is 0 Å². The molecule has 64 heavy (non-hydrogen) atoms. The van der Waals surface area contributed by atoms with Crippen LogP contribution in [0, 0.1) is 24.4 Å². The van der Waals surface area contributed by atoms with E-state index in [1.807, 2.05) is 0 Å². The highest BCUT2D eigenvalue weighted by atomic mass is 19.4. The van der Waals surface area contributed by atoms with E-state index in [0.29, 0.717) is 34.4 Å². The predicted octanol–water partition coefficient (Wildman–Crippen LogP) is 11.9. The van der Waals surface area contributed by atoms with Gasteiger partial charge >= 0.3 is 12.4 Å². The van der Waals surface area contributed by atoms with Gasteiger partial charge in [0.05, 0.1) is 22.3 Å². The lowest BCUT2D eigenvalue weighted by atomic mass is 9.94. The molecule has 1 unspecified atom stereocenters. The summed E-state index contributed by atoms with van der Waals surface area (Å²) in [6, 6.07) is 19.4. The molecule has 0 aliphatic heterocycles. The summed E-state index contributed by atoms with van der Waals surface area (Å²) in [5.41, 5.74) is 0.135. The molecule has 4 aromatic carbocycles. The molecule has 1 atom stereocenters. The summed E-state index contributed by atoms with van der Waals surface area (Å²) < 4.78 is 125. The van der Waals surface area contributed by atoms with E-state index in [2.05, 4.69) is 25.9 Å². The Balaban J connectivity index is 1.41. The highest BCUT2D eigenvalue weighted by Gasteiger charge is 2.35. The minimum absolute atomic E-state index is 0.0171. The fourth-order valence-corrected chi connectivity index (χ4v) is 6.85. The minimum Gasteiger partial charge on any atom is -0.348 e. The number of hydrogen-bond donors (Lipinski definition) is 3.